The molecule has 1 atom stereocenters. The third-order valence-electron chi connectivity index (χ3n) is 4.87. The third kappa shape index (κ3) is 5.17. The molecule has 0 bridgehead atoms. The van der Waals surface area contributed by atoms with Gasteiger partial charge in [0.25, 0.3) is 0 Å². The Balaban J connectivity index is 1.48. The number of hydrogen-bond donors (Lipinski definition) is 3. The van der Waals surface area contributed by atoms with E-state index in [4.69, 9.17) is 0 Å². The van der Waals surface area contributed by atoms with Crippen molar-refractivity contribution in [2.45, 2.75) is 44.6 Å². The molecule has 1 aliphatic carbocycles. The van der Waals surface area contributed by atoms with Crippen LogP contribution in [0.25, 0.3) is 10.1 Å². The van der Waals surface area contributed by atoms with Crippen LogP contribution in [0.5, 0.6) is 0 Å². The maximum Gasteiger partial charge on any atom is 0.309 e. The van der Waals surface area contributed by atoms with Gasteiger partial charge in [0.15, 0.2) is 0 Å². The van der Waals surface area contributed by atoms with Gasteiger partial charge in [-0.3, -0.25) is 9.59 Å². The van der Waals surface area contributed by atoms with Crippen molar-refractivity contribution in [3.63, 3.8) is 0 Å². The number of hydrogen-bond acceptors (Lipinski definition) is 4. The molecule has 0 aliphatic heterocycles. The molecule has 3 rings (SSSR count). The quantitative estimate of drug-likeness (QED) is 0.527. The highest BCUT2D eigenvalue weighted by Gasteiger charge is 2.27. The molecule has 0 saturated carbocycles. The molecule has 0 fully saturated rings. The second-order valence-electron chi connectivity index (χ2n) is 7.22. The van der Waals surface area contributed by atoms with E-state index in [1.54, 1.807) is 6.92 Å². The number of aliphatic hydroxyl groups is 1. The van der Waals surface area contributed by atoms with Gasteiger partial charge in [0.2, 0.25) is 0 Å². The predicted molar refractivity (Wildman–Crippen MR) is 109 cm³/mol. The maximum atomic E-state index is 12.0. The molecule has 0 unspecified atom stereocenters. The van der Waals surface area contributed by atoms with Crippen LogP contribution in [-0.2, 0) is 15.2 Å². The fourth-order valence-electron chi connectivity index (χ4n) is 3.22. The van der Waals surface area contributed by atoms with Crippen LogP contribution in [0.1, 0.15) is 43.9 Å². The Morgan fingerprint density at radius 3 is 2.70 bits per heavy atom. The van der Waals surface area contributed by atoms with E-state index in [1.807, 2.05) is 30.3 Å². The first-order valence-corrected chi connectivity index (χ1v) is 10.2. The number of allylic oxidation sites excluding steroid dienone is 1. The van der Waals surface area contributed by atoms with Crippen LogP contribution in [0, 0.1) is 0 Å². The van der Waals surface area contributed by atoms with Gasteiger partial charge in [-0.25, -0.2) is 0 Å². The van der Waals surface area contributed by atoms with Gasteiger partial charge in [-0.2, -0.15) is 0 Å². The number of fused-ring (bicyclic) bond motifs is 1. The first-order chi connectivity index (χ1) is 13.0. The van der Waals surface area contributed by atoms with E-state index in [2.05, 4.69) is 16.7 Å². The summed E-state index contributed by atoms with van der Waals surface area (Å²) >= 11 is 1.49. The van der Waals surface area contributed by atoms with E-state index in [0.717, 1.165) is 34.2 Å². The van der Waals surface area contributed by atoms with Crippen molar-refractivity contribution in [2.75, 3.05) is 13.1 Å². The van der Waals surface area contributed by atoms with E-state index in [-0.39, 0.29) is 6.54 Å². The van der Waals surface area contributed by atoms with Crippen LogP contribution in [0.2, 0.25) is 0 Å². The number of amides is 2. The number of carbonyl (C=O) groups is 2. The first kappa shape index (κ1) is 19.6. The SMILES string of the molecule is C[C@@](O)(CNC(=O)C(=O)NCCC1=CCCCC1)c1cc2ccccc2s1. The lowest BCUT2D eigenvalue weighted by Crippen LogP contribution is -2.45. The lowest BCUT2D eigenvalue weighted by molar-refractivity contribution is -0.139. The Kier molecular flexibility index (Phi) is 6.29. The Morgan fingerprint density at radius 1 is 1.19 bits per heavy atom. The Labute approximate surface area is 163 Å². The van der Waals surface area contributed by atoms with E-state index in [0.29, 0.717) is 6.54 Å². The Bertz CT molecular complexity index is 821. The minimum Gasteiger partial charge on any atom is -0.383 e. The largest absolute Gasteiger partial charge is 0.383 e. The van der Waals surface area contributed by atoms with Crippen LogP contribution in [0.15, 0.2) is 42.0 Å². The normalized spacial score (nSPS) is 16.4. The molecule has 3 N–H and O–H groups in total. The zero-order chi connectivity index (χ0) is 19.3. The Morgan fingerprint density at radius 2 is 1.96 bits per heavy atom. The van der Waals surface area contributed by atoms with Gasteiger partial charge in [-0.15, -0.1) is 11.3 Å². The third-order valence-corrected chi connectivity index (χ3v) is 6.24. The first-order valence-electron chi connectivity index (χ1n) is 9.41. The second kappa shape index (κ2) is 8.67. The van der Waals surface area contributed by atoms with Gasteiger partial charge < -0.3 is 15.7 Å². The smallest absolute Gasteiger partial charge is 0.309 e. The molecule has 0 saturated heterocycles. The molecule has 2 aromatic rings. The summed E-state index contributed by atoms with van der Waals surface area (Å²) in [5, 5.41) is 17.0. The highest BCUT2D eigenvalue weighted by molar-refractivity contribution is 7.19. The van der Waals surface area contributed by atoms with E-state index >= 15 is 0 Å². The van der Waals surface area contributed by atoms with Crippen molar-refractivity contribution in [1.82, 2.24) is 10.6 Å². The molecule has 5 nitrogen and oxygen atoms in total. The highest BCUT2D eigenvalue weighted by atomic mass is 32.1. The van der Waals surface area contributed by atoms with E-state index in [9.17, 15) is 14.7 Å². The van der Waals surface area contributed by atoms with Crippen LogP contribution < -0.4 is 10.6 Å². The number of carbonyl (C=O) groups excluding carboxylic acids is 2. The van der Waals surface area contributed by atoms with Crippen molar-refractivity contribution < 1.29 is 14.7 Å². The van der Waals surface area contributed by atoms with Gasteiger partial charge in [0.05, 0.1) is 6.54 Å². The monoisotopic (exact) mass is 386 g/mol. The Hall–Kier alpha value is -2.18. The maximum absolute atomic E-state index is 12.0. The molecular formula is C21H26N2O3S. The van der Waals surface area contributed by atoms with Crippen molar-refractivity contribution >= 4 is 33.2 Å². The average Bonchev–Trinajstić information content (AvgIpc) is 3.12. The lowest BCUT2D eigenvalue weighted by atomic mass is 9.97. The molecule has 6 heteroatoms. The summed E-state index contributed by atoms with van der Waals surface area (Å²) in [6.07, 6.45) is 7.65. The summed E-state index contributed by atoms with van der Waals surface area (Å²) in [7, 11) is 0. The molecule has 1 aromatic heterocycles. The fraction of sp³-hybridized carbons (Fsp3) is 0.429. The molecule has 0 radical (unpaired) electrons. The molecule has 1 aliphatic rings. The number of nitrogens with one attached hydrogen (secondary N) is 2. The zero-order valence-corrected chi connectivity index (χ0v) is 16.4. The molecule has 0 spiro atoms. The molecule has 2 amide bonds. The fourth-order valence-corrected chi connectivity index (χ4v) is 4.32. The molecule has 1 heterocycles. The lowest BCUT2D eigenvalue weighted by Gasteiger charge is -2.22. The molecule has 144 valence electrons. The topological polar surface area (TPSA) is 78.4 Å². The van der Waals surface area contributed by atoms with Crippen LogP contribution >= 0.6 is 11.3 Å². The van der Waals surface area contributed by atoms with E-state index in [1.165, 1.54) is 29.8 Å². The number of thiophene rings is 1. The standard InChI is InChI=1S/C21H26N2O3S/c1-21(26,18-13-16-9-5-6-10-17(16)27-18)14-23-20(25)19(24)22-12-11-15-7-3-2-4-8-15/h5-7,9-10,13,26H,2-4,8,11-12,14H2,1H3,(H,22,24)(H,23,25)/t21-/m1/s1. The van der Waals surface area contributed by atoms with Gasteiger partial charge in [0.1, 0.15) is 5.60 Å². The van der Waals surface area contributed by atoms with Gasteiger partial charge in [0, 0.05) is 16.1 Å². The van der Waals surface area contributed by atoms with E-state index < -0.39 is 17.4 Å². The summed E-state index contributed by atoms with van der Waals surface area (Å²) in [5.41, 5.74) is 0.127. The second-order valence-corrected chi connectivity index (χ2v) is 8.30. The summed E-state index contributed by atoms with van der Waals surface area (Å²) in [5.74, 6) is -1.37. The van der Waals surface area contributed by atoms with Crippen molar-refractivity contribution in [3.8, 4) is 0 Å². The highest BCUT2D eigenvalue weighted by Crippen LogP contribution is 2.32. The summed E-state index contributed by atoms with van der Waals surface area (Å²) in [6.45, 7) is 2.09. The summed E-state index contributed by atoms with van der Waals surface area (Å²) in [4.78, 5) is 24.7. The van der Waals surface area contributed by atoms with Gasteiger partial charge in [-0.1, -0.05) is 29.8 Å². The number of rotatable bonds is 6. The van der Waals surface area contributed by atoms with Crippen molar-refractivity contribution in [2.24, 2.45) is 0 Å². The molecule has 27 heavy (non-hydrogen) atoms. The minimum atomic E-state index is -1.23. The predicted octanol–water partition coefficient (Wildman–Crippen LogP) is 3.23. The number of benzene rings is 1. The minimum absolute atomic E-state index is 0.0166. The van der Waals surface area contributed by atoms with Crippen LogP contribution in [0.3, 0.4) is 0 Å². The van der Waals surface area contributed by atoms with Crippen molar-refractivity contribution in [3.05, 3.63) is 46.9 Å². The molecular weight excluding hydrogens is 360 g/mol. The summed E-state index contributed by atoms with van der Waals surface area (Å²) < 4.78 is 1.08. The van der Waals surface area contributed by atoms with Crippen molar-refractivity contribution in [1.29, 1.82) is 0 Å². The zero-order valence-electron chi connectivity index (χ0n) is 15.6. The van der Waals surface area contributed by atoms with Crippen LogP contribution in [0.4, 0.5) is 0 Å². The van der Waals surface area contributed by atoms with Gasteiger partial charge in [-0.05, 0) is 56.5 Å². The van der Waals surface area contributed by atoms with Gasteiger partial charge >= 0.3 is 11.8 Å². The molecule has 1 aromatic carbocycles. The summed E-state index contributed by atoms with van der Waals surface area (Å²) in [6, 6.07) is 9.80. The van der Waals surface area contributed by atoms with Crippen LogP contribution in [-0.4, -0.2) is 30.0 Å². The average molecular weight is 387 g/mol.